The van der Waals surface area contributed by atoms with Crippen LogP contribution in [-0.4, -0.2) is 44.8 Å². The fourth-order valence-electron chi connectivity index (χ4n) is 3.87. The summed E-state index contributed by atoms with van der Waals surface area (Å²) in [6.07, 6.45) is 2.14. The number of amides is 1. The Morgan fingerprint density at radius 3 is 2.65 bits per heavy atom. The van der Waals surface area contributed by atoms with E-state index >= 15 is 0 Å². The van der Waals surface area contributed by atoms with E-state index in [-0.39, 0.29) is 18.4 Å². The zero-order valence-electron chi connectivity index (χ0n) is 14.4. The number of aliphatic carboxylic acids is 1. The maximum Gasteiger partial charge on any atom is 0.308 e. The summed E-state index contributed by atoms with van der Waals surface area (Å²) < 4.78 is 1.68. The van der Waals surface area contributed by atoms with Crippen molar-refractivity contribution in [3.05, 3.63) is 46.7 Å². The number of hydrogen-bond acceptors (Lipinski definition) is 3. The molecule has 4 rings (SSSR count). The van der Waals surface area contributed by atoms with Crippen LogP contribution in [0.2, 0.25) is 5.02 Å². The Labute approximate surface area is 156 Å². The number of nitrogens with zero attached hydrogens (tertiary/aromatic N) is 3. The van der Waals surface area contributed by atoms with E-state index in [0.717, 1.165) is 24.2 Å². The predicted molar refractivity (Wildman–Crippen MR) is 96.6 cm³/mol. The van der Waals surface area contributed by atoms with Crippen LogP contribution in [0.15, 0.2) is 30.3 Å². The van der Waals surface area contributed by atoms with Gasteiger partial charge in [-0.05, 0) is 55.9 Å². The molecule has 2 aliphatic rings. The van der Waals surface area contributed by atoms with E-state index < -0.39 is 11.9 Å². The highest BCUT2D eigenvalue weighted by Crippen LogP contribution is 2.44. The molecule has 0 bridgehead atoms. The van der Waals surface area contributed by atoms with Gasteiger partial charge in [0, 0.05) is 23.8 Å². The molecule has 2 atom stereocenters. The number of carboxylic acids is 1. The third-order valence-electron chi connectivity index (χ3n) is 5.36. The minimum Gasteiger partial charge on any atom is -0.481 e. The first-order chi connectivity index (χ1) is 12.4. The van der Waals surface area contributed by atoms with Gasteiger partial charge in [0.15, 0.2) is 5.69 Å². The number of aryl methyl sites for hydroxylation is 1. The van der Waals surface area contributed by atoms with Crippen LogP contribution in [0.25, 0.3) is 5.69 Å². The number of rotatable bonds is 4. The standard InChI is InChI=1S/C19H20ClN3O3/c1-11-7-17(21-23(11)14-4-2-3-13(20)8-14)18(24)22-9-15(12-5-6-12)16(10-22)19(25)26/h2-4,7-8,12,15-16H,5-6,9-10H2,1H3,(H,25,26)/t15-,16+/m1/s1. The number of halogens is 1. The largest absolute Gasteiger partial charge is 0.481 e. The molecule has 2 aromatic rings. The Hall–Kier alpha value is -2.34. The van der Waals surface area contributed by atoms with Crippen LogP contribution in [0.3, 0.4) is 0 Å². The van der Waals surface area contributed by atoms with Gasteiger partial charge in [-0.2, -0.15) is 5.10 Å². The Bertz CT molecular complexity index is 875. The Morgan fingerprint density at radius 2 is 2.00 bits per heavy atom. The summed E-state index contributed by atoms with van der Waals surface area (Å²) in [6, 6.07) is 9.01. The van der Waals surface area contributed by atoms with Crippen LogP contribution >= 0.6 is 11.6 Å². The van der Waals surface area contributed by atoms with Crippen LogP contribution in [0.4, 0.5) is 0 Å². The first-order valence-electron chi connectivity index (χ1n) is 8.78. The molecule has 1 saturated carbocycles. The van der Waals surface area contributed by atoms with Gasteiger partial charge in [0.2, 0.25) is 0 Å². The highest BCUT2D eigenvalue weighted by atomic mass is 35.5. The molecule has 2 heterocycles. The second kappa shape index (κ2) is 6.43. The van der Waals surface area contributed by atoms with Crippen molar-refractivity contribution in [3.63, 3.8) is 0 Å². The van der Waals surface area contributed by atoms with Crippen molar-refractivity contribution >= 4 is 23.5 Å². The Kier molecular flexibility index (Phi) is 4.23. The van der Waals surface area contributed by atoms with Gasteiger partial charge in [-0.1, -0.05) is 17.7 Å². The monoisotopic (exact) mass is 373 g/mol. The van der Waals surface area contributed by atoms with E-state index in [9.17, 15) is 14.7 Å². The number of aromatic nitrogens is 2. The van der Waals surface area contributed by atoms with Crippen molar-refractivity contribution in [1.82, 2.24) is 14.7 Å². The van der Waals surface area contributed by atoms with Crippen LogP contribution in [0.5, 0.6) is 0 Å². The summed E-state index contributed by atoms with van der Waals surface area (Å²) in [5.41, 5.74) is 1.95. The van der Waals surface area contributed by atoms with Gasteiger partial charge in [-0.3, -0.25) is 9.59 Å². The molecule has 2 fully saturated rings. The molecule has 0 spiro atoms. The van der Waals surface area contributed by atoms with Crippen molar-refractivity contribution in [2.24, 2.45) is 17.8 Å². The van der Waals surface area contributed by atoms with Gasteiger partial charge < -0.3 is 10.0 Å². The minimum atomic E-state index is -0.808. The molecular weight excluding hydrogens is 354 g/mol. The SMILES string of the molecule is Cc1cc(C(=O)N2C[C@H](C(=O)O)[C@@H](C3CC3)C2)nn1-c1cccc(Cl)c1. The first kappa shape index (κ1) is 17.1. The molecule has 1 aliphatic carbocycles. The predicted octanol–water partition coefficient (Wildman–Crippen LogP) is 3.02. The normalized spacial score (nSPS) is 22.6. The minimum absolute atomic E-state index is 0.0626. The molecule has 6 nitrogen and oxygen atoms in total. The van der Waals surface area contributed by atoms with Crippen LogP contribution in [0, 0.1) is 24.7 Å². The Balaban J connectivity index is 1.57. The average molecular weight is 374 g/mol. The lowest BCUT2D eigenvalue weighted by Gasteiger charge is -2.14. The number of carbonyl (C=O) groups excluding carboxylic acids is 1. The summed E-state index contributed by atoms with van der Waals surface area (Å²) in [5.74, 6) is -0.976. The smallest absolute Gasteiger partial charge is 0.308 e. The number of benzene rings is 1. The molecule has 26 heavy (non-hydrogen) atoms. The molecule has 0 radical (unpaired) electrons. The molecule has 1 amide bonds. The van der Waals surface area contributed by atoms with E-state index in [1.807, 2.05) is 19.1 Å². The van der Waals surface area contributed by atoms with E-state index in [1.54, 1.807) is 27.8 Å². The summed E-state index contributed by atoms with van der Waals surface area (Å²) in [7, 11) is 0. The van der Waals surface area contributed by atoms with E-state index in [2.05, 4.69) is 5.10 Å². The maximum absolute atomic E-state index is 12.9. The van der Waals surface area contributed by atoms with Crippen molar-refractivity contribution in [2.45, 2.75) is 19.8 Å². The van der Waals surface area contributed by atoms with Gasteiger partial charge in [-0.15, -0.1) is 0 Å². The van der Waals surface area contributed by atoms with Crippen molar-refractivity contribution in [2.75, 3.05) is 13.1 Å². The van der Waals surface area contributed by atoms with Crippen molar-refractivity contribution < 1.29 is 14.7 Å². The molecular formula is C19H20ClN3O3. The van der Waals surface area contributed by atoms with E-state index in [0.29, 0.717) is 23.2 Å². The first-order valence-corrected chi connectivity index (χ1v) is 9.16. The molecule has 1 aliphatic heterocycles. The molecule has 1 saturated heterocycles. The second-order valence-electron chi connectivity index (χ2n) is 7.22. The number of carboxylic acid groups (broad SMARTS) is 1. The number of hydrogen-bond donors (Lipinski definition) is 1. The summed E-state index contributed by atoms with van der Waals surface area (Å²) >= 11 is 6.05. The van der Waals surface area contributed by atoms with Gasteiger partial charge in [0.05, 0.1) is 11.6 Å². The lowest BCUT2D eigenvalue weighted by atomic mass is 9.92. The topological polar surface area (TPSA) is 75.4 Å². The van der Waals surface area contributed by atoms with Crippen LogP contribution < -0.4 is 0 Å². The summed E-state index contributed by atoms with van der Waals surface area (Å²) in [4.78, 5) is 26.1. The highest BCUT2D eigenvalue weighted by Gasteiger charge is 2.47. The van der Waals surface area contributed by atoms with E-state index in [4.69, 9.17) is 11.6 Å². The van der Waals surface area contributed by atoms with Crippen molar-refractivity contribution in [1.29, 1.82) is 0 Å². The lowest BCUT2D eigenvalue weighted by Crippen LogP contribution is -2.30. The average Bonchev–Trinajstić information content (AvgIpc) is 3.22. The van der Waals surface area contributed by atoms with E-state index in [1.165, 1.54) is 0 Å². The fraction of sp³-hybridized carbons (Fsp3) is 0.421. The summed E-state index contributed by atoms with van der Waals surface area (Å²) in [5, 5.41) is 14.5. The van der Waals surface area contributed by atoms with Crippen LogP contribution in [0.1, 0.15) is 29.0 Å². The highest BCUT2D eigenvalue weighted by molar-refractivity contribution is 6.30. The van der Waals surface area contributed by atoms with Gasteiger partial charge in [0.25, 0.3) is 5.91 Å². The van der Waals surface area contributed by atoms with Gasteiger partial charge in [-0.25, -0.2) is 4.68 Å². The number of likely N-dealkylation sites (tertiary alicyclic amines) is 1. The quantitative estimate of drug-likeness (QED) is 0.893. The zero-order chi connectivity index (χ0) is 18.4. The van der Waals surface area contributed by atoms with Crippen molar-refractivity contribution in [3.8, 4) is 5.69 Å². The third kappa shape index (κ3) is 3.09. The Morgan fingerprint density at radius 1 is 1.23 bits per heavy atom. The second-order valence-corrected chi connectivity index (χ2v) is 7.66. The summed E-state index contributed by atoms with van der Waals surface area (Å²) in [6.45, 7) is 2.64. The lowest BCUT2D eigenvalue weighted by molar-refractivity contribution is -0.142. The fourth-order valence-corrected chi connectivity index (χ4v) is 4.05. The third-order valence-corrected chi connectivity index (χ3v) is 5.59. The molecule has 1 N–H and O–H groups in total. The molecule has 1 aromatic heterocycles. The molecule has 0 unspecified atom stereocenters. The van der Waals surface area contributed by atoms with Gasteiger partial charge >= 0.3 is 5.97 Å². The maximum atomic E-state index is 12.9. The van der Waals surface area contributed by atoms with Crippen LogP contribution in [-0.2, 0) is 4.79 Å². The molecule has 136 valence electrons. The van der Waals surface area contributed by atoms with Gasteiger partial charge in [0.1, 0.15) is 0 Å². The number of carbonyl (C=O) groups is 2. The molecule has 7 heteroatoms. The molecule has 1 aromatic carbocycles. The zero-order valence-corrected chi connectivity index (χ0v) is 15.2.